The van der Waals surface area contributed by atoms with Crippen molar-refractivity contribution in [1.29, 1.82) is 0 Å². The second-order valence-electron chi connectivity index (χ2n) is 5.84. The summed E-state index contributed by atoms with van der Waals surface area (Å²) in [7, 11) is -2.81. The summed E-state index contributed by atoms with van der Waals surface area (Å²) in [6.07, 6.45) is 1.07. The van der Waals surface area contributed by atoms with Crippen molar-refractivity contribution in [3.63, 3.8) is 0 Å². The Labute approximate surface area is 120 Å². The zero-order chi connectivity index (χ0) is 15.2. The fourth-order valence-electron chi connectivity index (χ4n) is 1.80. The van der Waals surface area contributed by atoms with Crippen LogP contribution in [0, 0.1) is 5.41 Å². The summed E-state index contributed by atoms with van der Waals surface area (Å²) < 4.78 is 17.6. The van der Waals surface area contributed by atoms with Gasteiger partial charge >= 0.3 is 8.97 Å². The van der Waals surface area contributed by atoms with Crippen LogP contribution in [0.2, 0.25) is 0 Å². The predicted molar refractivity (Wildman–Crippen MR) is 81.9 cm³/mol. The van der Waals surface area contributed by atoms with Crippen LogP contribution in [0.25, 0.3) is 0 Å². The summed E-state index contributed by atoms with van der Waals surface area (Å²) in [5, 5.41) is 0. The van der Waals surface area contributed by atoms with Gasteiger partial charge in [0.2, 0.25) is 0 Å². The van der Waals surface area contributed by atoms with Gasteiger partial charge in [-0.3, -0.25) is 4.98 Å². The Kier molecular flexibility index (Phi) is 7.76. The monoisotopic (exact) mass is 291 g/mol. The SMILES string of the molecule is CCO[Si](NC(C)(C)C(C)(C)CC)(OCC)OCC. The maximum absolute atomic E-state index is 5.87. The van der Waals surface area contributed by atoms with Crippen molar-refractivity contribution in [2.45, 2.75) is 67.3 Å². The van der Waals surface area contributed by atoms with Crippen molar-refractivity contribution in [3.8, 4) is 0 Å². The smallest absolute Gasteiger partial charge is 0.361 e. The van der Waals surface area contributed by atoms with Gasteiger partial charge in [0.1, 0.15) is 0 Å². The van der Waals surface area contributed by atoms with Gasteiger partial charge in [0, 0.05) is 25.4 Å². The molecular weight excluding hydrogens is 258 g/mol. The molecule has 0 aromatic heterocycles. The van der Waals surface area contributed by atoms with Gasteiger partial charge in [0.05, 0.1) is 0 Å². The highest BCUT2D eigenvalue weighted by Gasteiger charge is 2.50. The average Bonchev–Trinajstić information content (AvgIpc) is 2.29. The summed E-state index contributed by atoms with van der Waals surface area (Å²) in [5.41, 5.74) is -0.00988. The average molecular weight is 292 g/mol. The van der Waals surface area contributed by atoms with E-state index in [-0.39, 0.29) is 11.0 Å². The van der Waals surface area contributed by atoms with Gasteiger partial charge in [0.15, 0.2) is 0 Å². The molecule has 0 aliphatic heterocycles. The molecule has 0 bridgehead atoms. The standard InChI is InChI=1S/C14H33NO3Si/c1-9-13(5,6)14(7,8)15-19(16-10-2,17-11-3)18-12-4/h15H,9-12H2,1-8H3. The third-order valence-electron chi connectivity index (χ3n) is 4.04. The van der Waals surface area contributed by atoms with Gasteiger partial charge in [-0.1, -0.05) is 20.8 Å². The van der Waals surface area contributed by atoms with E-state index >= 15 is 0 Å². The molecule has 0 saturated carbocycles. The molecule has 5 heteroatoms. The van der Waals surface area contributed by atoms with Crippen molar-refractivity contribution >= 4 is 8.97 Å². The van der Waals surface area contributed by atoms with Crippen molar-refractivity contribution < 1.29 is 13.3 Å². The first-order chi connectivity index (χ1) is 8.70. The topological polar surface area (TPSA) is 39.7 Å². The summed E-state index contributed by atoms with van der Waals surface area (Å²) >= 11 is 0. The minimum absolute atomic E-state index is 0.122. The Bertz CT molecular complexity index is 240. The Hall–Kier alpha value is 0.0569. The maximum Gasteiger partial charge on any atom is 0.597 e. The molecule has 0 fully saturated rings. The third kappa shape index (κ3) is 5.15. The zero-order valence-corrected chi connectivity index (χ0v) is 15.1. The first kappa shape index (κ1) is 19.1. The molecule has 0 aromatic rings. The molecule has 1 N–H and O–H groups in total. The molecule has 0 atom stereocenters. The van der Waals surface area contributed by atoms with Crippen LogP contribution in [0.5, 0.6) is 0 Å². The first-order valence-electron chi connectivity index (χ1n) is 7.41. The highest BCUT2D eigenvalue weighted by Crippen LogP contribution is 2.35. The molecule has 0 rings (SSSR count). The molecule has 0 radical (unpaired) electrons. The van der Waals surface area contributed by atoms with Crippen LogP contribution in [0.1, 0.15) is 61.8 Å². The molecule has 4 nitrogen and oxygen atoms in total. The number of hydrogen-bond donors (Lipinski definition) is 1. The predicted octanol–water partition coefficient (Wildman–Crippen LogP) is 3.34. The Morgan fingerprint density at radius 1 is 0.789 bits per heavy atom. The van der Waals surface area contributed by atoms with E-state index in [0.717, 1.165) is 6.42 Å². The molecule has 116 valence electrons. The minimum Gasteiger partial charge on any atom is -0.361 e. The second kappa shape index (κ2) is 7.74. The lowest BCUT2D eigenvalue weighted by Gasteiger charge is -2.46. The van der Waals surface area contributed by atoms with E-state index in [9.17, 15) is 0 Å². The van der Waals surface area contributed by atoms with Gasteiger partial charge < -0.3 is 13.3 Å². The highest BCUT2D eigenvalue weighted by atomic mass is 28.4. The van der Waals surface area contributed by atoms with E-state index in [1.54, 1.807) is 0 Å². The second-order valence-corrected chi connectivity index (χ2v) is 8.07. The van der Waals surface area contributed by atoms with Crippen LogP contribution in [-0.4, -0.2) is 34.3 Å². The zero-order valence-electron chi connectivity index (χ0n) is 14.1. The quantitative estimate of drug-likeness (QED) is 0.627. The molecule has 0 amide bonds. The van der Waals surface area contributed by atoms with E-state index in [0.29, 0.717) is 19.8 Å². The van der Waals surface area contributed by atoms with Crippen molar-refractivity contribution in [3.05, 3.63) is 0 Å². The van der Waals surface area contributed by atoms with Crippen molar-refractivity contribution in [2.75, 3.05) is 19.8 Å². The van der Waals surface area contributed by atoms with E-state index in [2.05, 4.69) is 39.6 Å². The number of rotatable bonds is 10. The molecule has 0 aliphatic rings. The highest BCUT2D eigenvalue weighted by molar-refractivity contribution is 6.58. The normalized spacial score (nSPS) is 13.9. The summed E-state index contributed by atoms with van der Waals surface area (Å²) in [5.74, 6) is 0. The van der Waals surface area contributed by atoms with Crippen LogP contribution in [-0.2, 0) is 13.3 Å². The van der Waals surface area contributed by atoms with Crippen LogP contribution >= 0.6 is 0 Å². The Balaban J connectivity index is 5.17. The van der Waals surface area contributed by atoms with Crippen molar-refractivity contribution in [2.24, 2.45) is 5.41 Å². The largest absolute Gasteiger partial charge is 0.597 e. The van der Waals surface area contributed by atoms with Gasteiger partial charge in [0.25, 0.3) is 0 Å². The van der Waals surface area contributed by atoms with Gasteiger partial charge in [-0.15, -0.1) is 0 Å². The summed E-state index contributed by atoms with van der Waals surface area (Å²) in [6, 6.07) is 0. The van der Waals surface area contributed by atoms with Crippen LogP contribution in [0.3, 0.4) is 0 Å². The van der Waals surface area contributed by atoms with E-state index in [1.807, 2.05) is 20.8 Å². The molecule has 19 heavy (non-hydrogen) atoms. The first-order valence-corrected chi connectivity index (χ1v) is 9.14. The molecule has 0 unspecified atom stereocenters. The summed E-state index contributed by atoms with van der Waals surface area (Å²) in [4.78, 5) is 3.57. The summed E-state index contributed by atoms with van der Waals surface area (Å²) in [6.45, 7) is 18.8. The van der Waals surface area contributed by atoms with E-state index in [1.165, 1.54) is 0 Å². The van der Waals surface area contributed by atoms with Crippen LogP contribution < -0.4 is 4.98 Å². The number of nitrogens with one attached hydrogen (secondary N) is 1. The molecule has 0 aromatic carbocycles. The van der Waals surface area contributed by atoms with E-state index in [4.69, 9.17) is 13.3 Å². The Morgan fingerprint density at radius 3 is 1.42 bits per heavy atom. The molecule has 0 heterocycles. The van der Waals surface area contributed by atoms with Crippen LogP contribution in [0.4, 0.5) is 0 Å². The van der Waals surface area contributed by atoms with Gasteiger partial charge in [-0.2, -0.15) is 0 Å². The lowest BCUT2D eigenvalue weighted by atomic mass is 9.73. The molecular formula is C14H33NO3Si. The van der Waals surface area contributed by atoms with Gasteiger partial charge in [-0.05, 0) is 46.5 Å². The maximum atomic E-state index is 5.87. The molecule has 0 spiro atoms. The van der Waals surface area contributed by atoms with Gasteiger partial charge in [-0.25, -0.2) is 0 Å². The fraction of sp³-hybridized carbons (Fsp3) is 1.00. The molecule has 0 saturated heterocycles. The third-order valence-corrected chi connectivity index (χ3v) is 6.98. The van der Waals surface area contributed by atoms with E-state index < -0.39 is 8.97 Å². The lowest BCUT2D eigenvalue weighted by molar-refractivity contribution is 0.0342. The van der Waals surface area contributed by atoms with Crippen LogP contribution in [0.15, 0.2) is 0 Å². The number of hydrogen-bond acceptors (Lipinski definition) is 4. The molecule has 0 aliphatic carbocycles. The lowest BCUT2D eigenvalue weighted by Crippen LogP contribution is -2.68. The van der Waals surface area contributed by atoms with Crippen molar-refractivity contribution in [1.82, 2.24) is 4.98 Å². The Morgan fingerprint density at radius 2 is 1.16 bits per heavy atom. The minimum atomic E-state index is -2.81. The fourth-order valence-corrected chi connectivity index (χ4v) is 4.51.